The van der Waals surface area contributed by atoms with E-state index in [1.54, 1.807) is 21.0 Å². The second-order valence-corrected chi connectivity index (χ2v) is 8.92. The molecule has 0 bridgehead atoms. The highest BCUT2D eigenvalue weighted by Crippen LogP contribution is 2.57. The van der Waals surface area contributed by atoms with Crippen molar-refractivity contribution in [2.75, 3.05) is 14.1 Å². The van der Waals surface area contributed by atoms with Gasteiger partial charge >= 0.3 is 0 Å². The van der Waals surface area contributed by atoms with E-state index >= 15 is 0 Å². The summed E-state index contributed by atoms with van der Waals surface area (Å²) in [6, 6.07) is -1.02. The summed E-state index contributed by atoms with van der Waals surface area (Å²) < 4.78 is 0. The lowest BCUT2D eigenvalue weighted by atomic mass is 9.53. The first-order valence-electron chi connectivity index (χ1n) is 9.67. The van der Waals surface area contributed by atoms with E-state index in [0.717, 1.165) is 6.20 Å². The molecule has 31 heavy (non-hydrogen) atoms. The number of amides is 1. The Morgan fingerprint density at radius 1 is 1.23 bits per heavy atom. The molecule has 1 heterocycles. The molecule has 0 aliphatic heterocycles. The number of nitrogens with zero attached hydrogens (tertiary/aromatic N) is 2. The van der Waals surface area contributed by atoms with Gasteiger partial charge < -0.3 is 26.2 Å². The van der Waals surface area contributed by atoms with Crippen LogP contribution in [0.4, 0.5) is 0 Å². The quantitative estimate of drug-likeness (QED) is 0.402. The molecule has 0 spiro atoms. The van der Waals surface area contributed by atoms with E-state index < -0.39 is 57.5 Å². The molecule has 3 aliphatic rings. The number of hydrogen-bond donors (Lipinski definition) is 5. The van der Waals surface area contributed by atoms with Gasteiger partial charge in [-0.2, -0.15) is 0 Å². The average molecular weight is 429 g/mol. The Balaban J connectivity index is 2.02. The van der Waals surface area contributed by atoms with E-state index in [0.29, 0.717) is 5.56 Å². The molecule has 0 radical (unpaired) electrons. The molecule has 1 aromatic rings. The predicted molar refractivity (Wildman–Crippen MR) is 106 cm³/mol. The van der Waals surface area contributed by atoms with Crippen LogP contribution in [0.1, 0.15) is 29.3 Å². The van der Waals surface area contributed by atoms with Crippen LogP contribution in [0.15, 0.2) is 35.1 Å². The number of primary amides is 1. The Morgan fingerprint density at radius 3 is 2.45 bits per heavy atom. The highest BCUT2D eigenvalue weighted by atomic mass is 16.3. The number of aromatic nitrogens is 1. The van der Waals surface area contributed by atoms with Crippen LogP contribution in [-0.2, 0) is 16.0 Å². The molecule has 0 unspecified atom stereocenters. The number of aliphatic hydroxyl groups is 3. The zero-order chi connectivity index (χ0) is 23.0. The topological polar surface area (TPSA) is 174 Å². The fourth-order valence-electron chi connectivity index (χ4n) is 5.47. The first-order chi connectivity index (χ1) is 14.4. The maximum atomic E-state index is 13.3. The Labute approximate surface area is 177 Å². The Hall–Kier alpha value is -3.24. The number of aliphatic hydroxyl groups excluding tert-OH is 2. The summed E-state index contributed by atoms with van der Waals surface area (Å²) in [6.45, 7) is 1.70. The van der Waals surface area contributed by atoms with Gasteiger partial charge in [-0.1, -0.05) is 6.92 Å². The molecule has 1 aromatic heterocycles. The zero-order valence-electron chi connectivity index (χ0n) is 17.2. The molecule has 4 atom stereocenters. The standard InChI is InChI=1S/C21H23N3O7/c1-20-4-8-6-23-7-10(25)11(8)15(26)13(20)18(29)21(31)9(5-20)14(24(2)3)16(27)12(17(21)28)19(22)30/h6-7,9,14,25,27,29,31H,4-5H2,1-3H3,(H2,22,30)/t9-,14-,20-,21+/m0/s1. The Bertz CT molecular complexity index is 1120. The van der Waals surface area contributed by atoms with Crippen molar-refractivity contribution in [2.24, 2.45) is 17.1 Å². The van der Waals surface area contributed by atoms with Gasteiger partial charge in [0, 0.05) is 23.1 Å². The van der Waals surface area contributed by atoms with Gasteiger partial charge in [-0.05, 0) is 32.5 Å². The van der Waals surface area contributed by atoms with Gasteiger partial charge in [0.05, 0.1) is 17.8 Å². The van der Waals surface area contributed by atoms with Crippen LogP contribution in [0.3, 0.4) is 0 Å². The van der Waals surface area contributed by atoms with E-state index in [1.165, 1.54) is 11.1 Å². The normalized spacial score (nSPS) is 32.7. The third-order valence-corrected chi connectivity index (χ3v) is 6.74. The molecule has 0 aromatic carbocycles. The summed E-state index contributed by atoms with van der Waals surface area (Å²) in [6.07, 6.45) is 2.76. The number of rotatable bonds is 2. The highest BCUT2D eigenvalue weighted by molar-refractivity contribution is 6.24. The van der Waals surface area contributed by atoms with Gasteiger partial charge in [0.25, 0.3) is 5.91 Å². The third-order valence-electron chi connectivity index (χ3n) is 6.74. The van der Waals surface area contributed by atoms with Crippen molar-refractivity contribution in [3.63, 3.8) is 0 Å². The lowest BCUT2D eigenvalue weighted by molar-refractivity contribution is -0.150. The number of allylic oxidation sites excluding steroid dienone is 1. The highest BCUT2D eigenvalue weighted by Gasteiger charge is 2.65. The molecule has 6 N–H and O–H groups in total. The van der Waals surface area contributed by atoms with E-state index in [2.05, 4.69) is 4.98 Å². The van der Waals surface area contributed by atoms with Crippen LogP contribution >= 0.6 is 0 Å². The first-order valence-corrected chi connectivity index (χ1v) is 9.67. The van der Waals surface area contributed by atoms with E-state index in [1.807, 2.05) is 0 Å². The summed E-state index contributed by atoms with van der Waals surface area (Å²) in [5.74, 6) is -6.18. The summed E-state index contributed by atoms with van der Waals surface area (Å²) in [7, 11) is 3.16. The molecule has 3 aliphatic carbocycles. The SMILES string of the molecule is CN(C)[C@@H]1C(O)=C(C(N)=O)C(=O)[C@@]2(O)C(O)=C3C(=O)c4c(O)cncc4C[C@@]3(C)C[C@@H]12. The minimum absolute atomic E-state index is 0.0222. The van der Waals surface area contributed by atoms with Crippen LogP contribution < -0.4 is 5.73 Å². The number of hydrogen-bond acceptors (Lipinski definition) is 9. The van der Waals surface area contributed by atoms with Crippen molar-refractivity contribution in [3.8, 4) is 5.75 Å². The van der Waals surface area contributed by atoms with Crippen LogP contribution in [0.25, 0.3) is 0 Å². The van der Waals surface area contributed by atoms with E-state index in [9.17, 15) is 34.8 Å². The van der Waals surface area contributed by atoms with Crippen molar-refractivity contribution in [3.05, 3.63) is 46.2 Å². The van der Waals surface area contributed by atoms with Gasteiger partial charge in [0.15, 0.2) is 11.4 Å². The largest absolute Gasteiger partial charge is 0.510 e. The van der Waals surface area contributed by atoms with E-state index in [-0.39, 0.29) is 29.7 Å². The lowest BCUT2D eigenvalue weighted by Crippen LogP contribution is -2.65. The number of likely N-dealkylation sites (N-methyl/N-ethyl adjacent to an activating group) is 1. The molecule has 0 saturated heterocycles. The summed E-state index contributed by atoms with van der Waals surface area (Å²) in [5.41, 5.74) is 1.00. The molecule has 4 rings (SSSR count). The summed E-state index contributed by atoms with van der Waals surface area (Å²) in [5, 5.41) is 43.6. The first kappa shape index (κ1) is 21.0. The van der Waals surface area contributed by atoms with Crippen molar-refractivity contribution in [2.45, 2.75) is 31.4 Å². The average Bonchev–Trinajstić information content (AvgIpc) is 2.64. The molecule has 10 heteroatoms. The molecule has 10 nitrogen and oxygen atoms in total. The predicted octanol–water partition coefficient (Wildman–Crippen LogP) is -0.0943. The van der Waals surface area contributed by atoms with Crippen molar-refractivity contribution in [1.82, 2.24) is 9.88 Å². The van der Waals surface area contributed by atoms with Gasteiger partial charge in [-0.25, -0.2) is 0 Å². The van der Waals surface area contributed by atoms with Gasteiger partial charge in [0.1, 0.15) is 22.8 Å². The molecule has 1 amide bonds. The minimum atomic E-state index is -2.64. The molecule has 164 valence electrons. The number of ketones is 2. The summed E-state index contributed by atoms with van der Waals surface area (Å²) in [4.78, 5) is 43.8. The number of nitrogens with two attached hydrogens (primary N) is 1. The number of pyridine rings is 1. The van der Waals surface area contributed by atoms with Crippen LogP contribution in [0, 0.1) is 11.3 Å². The number of fused-ring (bicyclic) bond motifs is 3. The van der Waals surface area contributed by atoms with E-state index in [4.69, 9.17) is 5.73 Å². The monoisotopic (exact) mass is 429 g/mol. The molecule has 0 saturated carbocycles. The lowest BCUT2D eigenvalue weighted by Gasteiger charge is -2.53. The third kappa shape index (κ3) is 2.52. The van der Waals surface area contributed by atoms with Crippen LogP contribution in [0.2, 0.25) is 0 Å². The smallest absolute Gasteiger partial charge is 0.255 e. The number of aromatic hydroxyl groups is 1. The minimum Gasteiger partial charge on any atom is -0.510 e. The van der Waals surface area contributed by atoms with Crippen molar-refractivity contribution in [1.29, 1.82) is 0 Å². The van der Waals surface area contributed by atoms with Crippen LogP contribution in [-0.4, -0.2) is 73.5 Å². The van der Waals surface area contributed by atoms with Crippen LogP contribution in [0.5, 0.6) is 5.75 Å². The van der Waals surface area contributed by atoms with Gasteiger partial charge in [-0.3, -0.25) is 24.3 Å². The Kier molecular flexibility index (Phi) is 4.32. The zero-order valence-corrected chi connectivity index (χ0v) is 17.2. The fourth-order valence-corrected chi connectivity index (χ4v) is 5.47. The maximum Gasteiger partial charge on any atom is 0.255 e. The molecular formula is C21H23N3O7. The maximum absolute atomic E-state index is 13.3. The van der Waals surface area contributed by atoms with Gasteiger partial charge in [0.2, 0.25) is 5.78 Å². The molecule has 0 fully saturated rings. The molecular weight excluding hydrogens is 406 g/mol. The van der Waals surface area contributed by atoms with Crippen molar-refractivity contribution < 1.29 is 34.8 Å². The Morgan fingerprint density at radius 2 is 1.87 bits per heavy atom. The second-order valence-electron chi connectivity index (χ2n) is 8.92. The van der Waals surface area contributed by atoms with Crippen molar-refractivity contribution >= 4 is 17.5 Å². The number of carbonyl (C=O) groups excluding carboxylic acids is 3. The fraction of sp³-hybridized carbons (Fsp3) is 0.429. The number of Topliss-reactive ketones (excluding diaryl/α,β-unsaturated/α-hetero) is 2. The number of carbonyl (C=O) groups is 3. The second kappa shape index (κ2) is 6.38. The van der Waals surface area contributed by atoms with Gasteiger partial charge in [-0.15, -0.1) is 0 Å². The summed E-state index contributed by atoms with van der Waals surface area (Å²) >= 11 is 0.